The van der Waals surface area contributed by atoms with Gasteiger partial charge in [-0.1, -0.05) is 6.92 Å². The maximum Gasteiger partial charge on any atom is 0.253 e. The fraction of sp³-hybridized carbons (Fsp3) is 0.429. The molecule has 0 aromatic heterocycles. The van der Waals surface area contributed by atoms with Crippen LogP contribution in [0.25, 0.3) is 0 Å². The zero-order chi connectivity index (χ0) is 14.7. The summed E-state index contributed by atoms with van der Waals surface area (Å²) in [7, 11) is 0. The van der Waals surface area contributed by atoms with Crippen LogP contribution in [-0.2, 0) is 19.2 Å². The molecule has 2 aliphatic heterocycles. The van der Waals surface area contributed by atoms with E-state index in [2.05, 4.69) is 0 Å². The molecule has 0 aromatic rings. The normalized spacial score (nSPS) is 19.6. The minimum atomic E-state index is -0.307. The zero-order valence-electron chi connectivity index (χ0n) is 11.2. The number of nitrogens with zero attached hydrogens (tertiary/aromatic N) is 2. The fourth-order valence-electron chi connectivity index (χ4n) is 2.42. The van der Waals surface area contributed by atoms with Crippen LogP contribution >= 0.6 is 0 Å². The molecule has 0 bridgehead atoms. The van der Waals surface area contributed by atoms with E-state index in [1.807, 2.05) is 6.92 Å². The van der Waals surface area contributed by atoms with Gasteiger partial charge in [-0.05, 0) is 19.3 Å². The molecule has 6 heteroatoms. The molecule has 0 fully saturated rings. The van der Waals surface area contributed by atoms with E-state index in [4.69, 9.17) is 0 Å². The number of amides is 4. The summed E-state index contributed by atoms with van der Waals surface area (Å²) in [5.41, 5.74) is 0. The van der Waals surface area contributed by atoms with E-state index < -0.39 is 0 Å². The predicted molar refractivity (Wildman–Crippen MR) is 70.2 cm³/mol. The van der Waals surface area contributed by atoms with Crippen molar-refractivity contribution in [2.75, 3.05) is 6.54 Å². The van der Waals surface area contributed by atoms with Crippen molar-refractivity contribution in [2.24, 2.45) is 0 Å². The summed E-state index contributed by atoms with van der Waals surface area (Å²) in [4.78, 5) is 48.4. The molecule has 2 aliphatic rings. The summed E-state index contributed by atoms with van der Waals surface area (Å²) in [6.07, 6.45) is 6.82. The van der Waals surface area contributed by atoms with Crippen LogP contribution < -0.4 is 0 Å². The number of carbonyl (C=O) groups is 4. The first kappa shape index (κ1) is 14.2. The van der Waals surface area contributed by atoms with Gasteiger partial charge in [0.25, 0.3) is 23.6 Å². The van der Waals surface area contributed by atoms with Crippen LogP contribution in [0.2, 0.25) is 0 Å². The topological polar surface area (TPSA) is 74.8 Å². The Labute approximate surface area is 116 Å². The van der Waals surface area contributed by atoms with Gasteiger partial charge in [-0.15, -0.1) is 0 Å². The van der Waals surface area contributed by atoms with Crippen LogP contribution in [-0.4, -0.2) is 46.0 Å². The highest BCUT2D eigenvalue weighted by atomic mass is 16.2. The summed E-state index contributed by atoms with van der Waals surface area (Å²) >= 11 is 0. The summed E-state index contributed by atoms with van der Waals surface area (Å²) in [6.45, 7) is 2.21. The average molecular weight is 276 g/mol. The summed E-state index contributed by atoms with van der Waals surface area (Å²) in [5.74, 6) is -1.20. The van der Waals surface area contributed by atoms with Crippen LogP contribution in [0.15, 0.2) is 24.3 Å². The van der Waals surface area contributed by atoms with Gasteiger partial charge in [-0.25, -0.2) is 0 Å². The fourth-order valence-corrected chi connectivity index (χ4v) is 2.42. The Balaban J connectivity index is 1.86. The first-order valence-corrected chi connectivity index (χ1v) is 6.63. The maximum atomic E-state index is 11.6. The standard InChI is InChI=1S/C14H16N2O4/c1-2-10(16-13(19)7-8-14(16)20)4-3-9-15-11(17)5-6-12(15)18/h5-8,10H,2-4,9H2,1H3. The van der Waals surface area contributed by atoms with Crippen molar-refractivity contribution in [3.05, 3.63) is 24.3 Å². The van der Waals surface area contributed by atoms with Gasteiger partial charge in [-0.3, -0.25) is 29.0 Å². The van der Waals surface area contributed by atoms with E-state index in [9.17, 15) is 19.2 Å². The molecule has 0 aliphatic carbocycles. The number of carbonyl (C=O) groups excluding carboxylic acids is 4. The van der Waals surface area contributed by atoms with Crippen molar-refractivity contribution in [2.45, 2.75) is 32.2 Å². The minimum absolute atomic E-state index is 0.189. The van der Waals surface area contributed by atoms with E-state index in [-0.39, 0.29) is 29.7 Å². The molecule has 2 heterocycles. The molecule has 1 unspecified atom stereocenters. The van der Waals surface area contributed by atoms with Gasteiger partial charge in [0.15, 0.2) is 0 Å². The Kier molecular flexibility index (Phi) is 4.12. The smallest absolute Gasteiger partial charge is 0.253 e. The van der Waals surface area contributed by atoms with Gasteiger partial charge in [0.1, 0.15) is 0 Å². The first-order chi connectivity index (χ1) is 9.54. The predicted octanol–water partition coefficient (Wildman–Crippen LogP) is 0.395. The third kappa shape index (κ3) is 2.68. The second-order valence-electron chi connectivity index (χ2n) is 4.75. The van der Waals surface area contributed by atoms with Crippen molar-refractivity contribution in [3.63, 3.8) is 0 Å². The maximum absolute atomic E-state index is 11.6. The molecule has 0 radical (unpaired) electrons. The van der Waals surface area contributed by atoms with Gasteiger partial charge in [-0.2, -0.15) is 0 Å². The Morgan fingerprint density at radius 1 is 0.900 bits per heavy atom. The van der Waals surface area contributed by atoms with Crippen LogP contribution in [0.1, 0.15) is 26.2 Å². The molecule has 0 N–H and O–H groups in total. The van der Waals surface area contributed by atoms with Crippen LogP contribution in [0.3, 0.4) is 0 Å². The highest BCUT2D eigenvalue weighted by Crippen LogP contribution is 2.17. The lowest BCUT2D eigenvalue weighted by molar-refractivity contribution is -0.141. The lowest BCUT2D eigenvalue weighted by atomic mass is 10.1. The Hall–Kier alpha value is -2.24. The molecule has 0 aromatic carbocycles. The minimum Gasteiger partial charge on any atom is -0.275 e. The Morgan fingerprint density at radius 2 is 1.40 bits per heavy atom. The number of hydrogen-bond donors (Lipinski definition) is 0. The van der Waals surface area contributed by atoms with E-state index >= 15 is 0 Å². The quantitative estimate of drug-likeness (QED) is 0.658. The van der Waals surface area contributed by atoms with Gasteiger partial charge >= 0.3 is 0 Å². The number of rotatable bonds is 6. The Bertz CT molecular complexity index is 485. The third-order valence-corrected chi connectivity index (χ3v) is 3.50. The molecule has 0 saturated heterocycles. The molecule has 106 valence electrons. The van der Waals surface area contributed by atoms with Gasteiger partial charge in [0, 0.05) is 36.9 Å². The van der Waals surface area contributed by atoms with Crippen molar-refractivity contribution < 1.29 is 19.2 Å². The van der Waals surface area contributed by atoms with Crippen LogP contribution in [0.5, 0.6) is 0 Å². The van der Waals surface area contributed by atoms with Crippen molar-refractivity contribution >= 4 is 23.6 Å². The molecule has 0 saturated carbocycles. The highest BCUT2D eigenvalue weighted by molar-refractivity contribution is 6.13. The summed E-state index contributed by atoms with van der Waals surface area (Å²) in [6, 6.07) is -0.189. The lowest BCUT2D eigenvalue weighted by Gasteiger charge is -2.25. The summed E-state index contributed by atoms with van der Waals surface area (Å²) < 4.78 is 0. The molecule has 0 spiro atoms. The first-order valence-electron chi connectivity index (χ1n) is 6.63. The molecular weight excluding hydrogens is 260 g/mol. The SMILES string of the molecule is CCC(CCCN1C(=O)C=CC1=O)N1C(=O)C=CC1=O. The van der Waals surface area contributed by atoms with Gasteiger partial charge in [0.2, 0.25) is 0 Å². The molecule has 20 heavy (non-hydrogen) atoms. The van der Waals surface area contributed by atoms with Gasteiger partial charge < -0.3 is 0 Å². The molecule has 6 nitrogen and oxygen atoms in total. The molecular formula is C14H16N2O4. The molecule has 4 amide bonds. The zero-order valence-corrected chi connectivity index (χ0v) is 11.2. The van der Waals surface area contributed by atoms with E-state index in [0.29, 0.717) is 25.8 Å². The summed E-state index contributed by atoms with van der Waals surface area (Å²) in [5, 5.41) is 0. The van der Waals surface area contributed by atoms with E-state index in [0.717, 1.165) is 0 Å². The third-order valence-electron chi connectivity index (χ3n) is 3.50. The molecule has 1 atom stereocenters. The van der Waals surface area contributed by atoms with Crippen molar-refractivity contribution in [1.82, 2.24) is 9.80 Å². The van der Waals surface area contributed by atoms with E-state index in [1.165, 1.54) is 34.1 Å². The number of imide groups is 2. The second kappa shape index (κ2) is 5.81. The van der Waals surface area contributed by atoms with Gasteiger partial charge in [0.05, 0.1) is 0 Å². The average Bonchev–Trinajstić information content (AvgIpc) is 2.91. The molecule has 2 rings (SSSR count). The van der Waals surface area contributed by atoms with E-state index in [1.54, 1.807) is 0 Å². The monoisotopic (exact) mass is 276 g/mol. The van der Waals surface area contributed by atoms with Crippen molar-refractivity contribution in [1.29, 1.82) is 0 Å². The highest BCUT2D eigenvalue weighted by Gasteiger charge is 2.30. The second-order valence-corrected chi connectivity index (χ2v) is 4.75. The van der Waals surface area contributed by atoms with Crippen molar-refractivity contribution in [3.8, 4) is 0 Å². The Morgan fingerprint density at radius 3 is 1.90 bits per heavy atom. The lowest BCUT2D eigenvalue weighted by Crippen LogP contribution is -2.40. The number of hydrogen-bond acceptors (Lipinski definition) is 4. The largest absolute Gasteiger partial charge is 0.275 e. The van der Waals surface area contributed by atoms with Crippen LogP contribution in [0, 0.1) is 0 Å². The van der Waals surface area contributed by atoms with Crippen LogP contribution in [0.4, 0.5) is 0 Å².